The van der Waals surface area contributed by atoms with E-state index in [0.29, 0.717) is 10.4 Å². The molecule has 2 aromatic rings. The van der Waals surface area contributed by atoms with Crippen molar-refractivity contribution < 1.29 is 4.74 Å². The van der Waals surface area contributed by atoms with Gasteiger partial charge in [0.1, 0.15) is 5.75 Å². The van der Waals surface area contributed by atoms with Crippen molar-refractivity contribution in [2.75, 3.05) is 7.05 Å². The predicted molar refractivity (Wildman–Crippen MR) is 85.3 cm³/mol. The van der Waals surface area contributed by atoms with Crippen LogP contribution < -0.4 is 10.1 Å². The number of halogens is 2. The molecule has 0 spiro atoms. The van der Waals surface area contributed by atoms with Gasteiger partial charge in [-0.3, -0.25) is 0 Å². The fourth-order valence-corrected chi connectivity index (χ4v) is 3.70. The first-order chi connectivity index (χ1) is 9.67. The third-order valence-corrected chi connectivity index (χ3v) is 4.84. The molecule has 0 radical (unpaired) electrons. The van der Waals surface area contributed by atoms with Crippen LogP contribution in [0.15, 0.2) is 30.3 Å². The van der Waals surface area contributed by atoms with Crippen molar-refractivity contribution in [2.24, 2.45) is 0 Å². The molecule has 1 aromatic carbocycles. The van der Waals surface area contributed by atoms with Crippen LogP contribution in [0.5, 0.6) is 5.75 Å². The number of thiophene rings is 1. The minimum Gasteiger partial charge on any atom is -0.490 e. The first kappa shape index (κ1) is 14.2. The maximum atomic E-state index is 6.25. The molecular weight excluding hydrogens is 313 g/mol. The van der Waals surface area contributed by atoms with E-state index in [1.165, 1.54) is 24.2 Å². The van der Waals surface area contributed by atoms with E-state index < -0.39 is 0 Å². The molecule has 1 aliphatic rings. The van der Waals surface area contributed by atoms with Gasteiger partial charge >= 0.3 is 0 Å². The van der Waals surface area contributed by atoms with E-state index in [-0.39, 0.29) is 6.04 Å². The van der Waals surface area contributed by atoms with Crippen LogP contribution in [0.4, 0.5) is 0 Å². The van der Waals surface area contributed by atoms with Gasteiger partial charge in [0.05, 0.1) is 20.8 Å². The second-order valence-electron chi connectivity index (χ2n) is 4.89. The van der Waals surface area contributed by atoms with Gasteiger partial charge < -0.3 is 10.1 Å². The molecule has 1 heterocycles. The fourth-order valence-electron chi connectivity index (χ4n) is 2.17. The molecule has 106 valence electrons. The van der Waals surface area contributed by atoms with E-state index in [9.17, 15) is 0 Å². The van der Waals surface area contributed by atoms with E-state index >= 15 is 0 Å². The smallest absolute Gasteiger partial charge is 0.119 e. The molecule has 0 bridgehead atoms. The van der Waals surface area contributed by atoms with Crippen molar-refractivity contribution >= 4 is 34.5 Å². The molecule has 0 saturated heterocycles. The highest BCUT2D eigenvalue weighted by Gasteiger charge is 2.23. The molecule has 3 rings (SSSR count). The third kappa shape index (κ3) is 3.12. The molecule has 1 saturated carbocycles. The van der Waals surface area contributed by atoms with Crippen LogP contribution in [0.3, 0.4) is 0 Å². The van der Waals surface area contributed by atoms with Gasteiger partial charge in [0.25, 0.3) is 0 Å². The molecule has 0 aliphatic heterocycles. The Balaban J connectivity index is 1.83. The van der Waals surface area contributed by atoms with Gasteiger partial charge in [-0.15, -0.1) is 11.3 Å². The van der Waals surface area contributed by atoms with Gasteiger partial charge in [-0.05, 0) is 43.7 Å². The summed E-state index contributed by atoms with van der Waals surface area (Å²) in [5.74, 6) is 0.931. The molecule has 2 nitrogen and oxygen atoms in total. The second-order valence-corrected chi connectivity index (χ2v) is 7.17. The maximum Gasteiger partial charge on any atom is 0.119 e. The zero-order valence-corrected chi connectivity index (χ0v) is 13.4. The number of rotatable bonds is 5. The van der Waals surface area contributed by atoms with Crippen LogP contribution >= 0.6 is 34.5 Å². The van der Waals surface area contributed by atoms with Crippen molar-refractivity contribution in [2.45, 2.75) is 25.0 Å². The number of benzene rings is 1. The lowest BCUT2D eigenvalue weighted by Gasteiger charge is -2.16. The van der Waals surface area contributed by atoms with E-state index in [2.05, 4.69) is 17.4 Å². The van der Waals surface area contributed by atoms with Crippen LogP contribution in [0.1, 0.15) is 30.0 Å². The zero-order chi connectivity index (χ0) is 14.1. The number of ether oxygens (including phenoxy) is 1. The monoisotopic (exact) mass is 327 g/mol. The average Bonchev–Trinajstić information content (AvgIpc) is 3.18. The van der Waals surface area contributed by atoms with Gasteiger partial charge in [0.2, 0.25) is 0 Å². The summed E-state index contributed by atoms with van der Waals surface area (Å²) >= 11 is 13.7. The van der Waals surface area contributed by atoms with Crippen LogP contribution in [0, 0.1) is 0 Å². The van der Waals surface area contributed by atoms with Crippen LogP contribution in [0.25, 0.3) is 0 Å². The molecule has 1 fully saturated rings. The molecule has 1 N–H and O–H groups in total. The van der Waals surface area contributed by atoms with Crippen molar-refractivity contribution in [3.8, 4) is 5.75 Å². The molecule has 0 amide bonds. The average molecular weight is 328 g/mol. The summed E-state index contributed by atoms with van der Waals surface area (Å²) in [4.78, 5) is 0. The lowest BCUT2D eigenvalue weighted by Crippen LogP contribution is -2.17. The van der Waals surface area contributed by atoms with Crippen LogP contribution in [-0.2, 0) is 0 Å². The second kappa shape index (κ2) is 5.94. The van der Waals surface area contributed by atoms with Gasteiger partial charge in [0.15, 0.2) is 0 Å². The normalized spacial score (nSPS) is 16.1. The van der Waals surface area contributed by atoms with E-state index in [1.807, 2.05) is 25.2 Å². The van der Waals surface area contributed by atoms with Crippen LogP contribution in [0.2, 0.25) is 8.67 Å². The maximum absolute atomic E-state index is 6.25. The molecule has 1 aliphatic carbocycles. The number of hydrogen-bond acceptors (Lipinski definition) is 3. The highest BCUT2D eigenvalue weighted by Crippen LogP contribution is 2.37. The quantitative estimate of drug-likeness (QED) is 0.842. The SMILES string of the molecule is CNC(c1ccc(OC2CC2)cc1)c1cc(Cl)sc1Cl. The predicted octanol–water partition coefficient (Wildman–Crippen LogP) is 4.90. The Morgan fingerprint density at radius 3 is 2.45 bits per heavy atom. The summed E-state index contributed by atoms with van der Waals surface area (Å²) in [6.07, 6.45) is 2.76. The highest BCUT2D eigenvalue weighted by atomic mass is 35.5. The lowest BCUT2D eigenvalue weighted by molar-refractivity contribution is 0.303. The van der Waals surface area contributed by atoms with Gasteiger partial charge in [-0.2, -0.15) is 0 Å². The Labute approximate surface area is 132 Å². The van der Waals surface area contributed by atoms with Crippen molar-refractivity contribution in [1.82, 2.24) is 5.32 Å². The Morgan fingerprint density at radius 2 is 1.95 bits per heavy atom. The summed E-state index contributed by atoms with van der Waals surface area (Å²) < 4.78 is 7.20. The Bertz CT molecular complexity index is 592. The Hall–Kier alpha value is -0.740. The first-order valence-electron chi connectivity index (χ1n) is 6.56. The number of nitrogens with one attached hydrogen (secondary N) is 1. The molecule has 1 aromatic heterocycles. The summed E-state index contributed by atoms with van der Waals surface area (Å²) in [5, 5.41) is 3.28. The van der Waals surface area contributed by atoms with Gasteiger partial charge in [-0.25, -0.2) is 0 Å². The van der Waals surface area contributed by atoms with Crippen molar-refractivity contribution in [3.05, 3.63) is 50.1 Å². The highest BCUT2D eigenvalue weighted by molar-refractivity contribution is 7.20. The minimum absolute atomic E-state index is 0.0428. The van der Waals surface area contributed by atoms with Gasteiger partial charge in [0, 0.05) is 5.56 Å². The standard InChI is InChI=1S/C15H15Cl2NOS/c1-18-14(12-8-13(16)20-15(12)17)9-2-4-10(5-3-9)19-11-6-7-11/h2-5,8,11,14,18H,6-7H2,1H3. The summed E-state index contributed by atoms with van der Waals surface area (Å²) in [6.45, 7) is 0. The molecule has 20 heavy (non-hydrogen) atoms. The largest absolute Gasteiger partial charge is 0.490 e. The van der Waals surface area contributed by atoms with Crippen LogP contribution in [-0.4, -0.2) is 13.2 Å². The minimum atomic E-state index is 0.0428. The summed E-state index contributed by atoms with van der Waals surface area (Å²) in [7, 11) is 1.92. The molecule has 5 heteroatoms. The summed E-state index contributed by atoms with van der Waals surface area (Å²) in [6, 6.07) is 10.1. The summed E-state index contributed by atoms with van der Waals surface area (Å²) in [5.41, 5.74) is 2.16. The van der Waals surface area contributed by atoms with E-state index in [0.717, 1.165) is 21.2 Å². The molecule has 1 atom stereocenters. The zero-order valence-electron chi connectivity index (χ0n) is 11.0. The fraction of sp³-hybridized carbons (Fsp3) is 0.333. The lowest BCUT2D eigenvalue weighted by atomic mass is 10.0. The third-order valence-electron chi connectivity index (χ3n) is 3.32. The molecular formula is C15H15Cl2NOS. The van der Waals surface area contributed by atoms with E-state index in [4.69, 9.17) is 27.9 Å². The topological polar surface area (TPSA) is 21.3 Å². The Kier molecular flexibility index (Phi) is 4.22. The first-order valence-corrected chi connectivity index (χ1v) is 8.13. The van der Waals surface area contributed by atoms with Crippen molar-refractivity contribution in [1.29, 1.82) is 0 Å². The van der Waals surface area contributed by atoms with E-state index in [1.54, 1.807) is 0 Å². The Morgan fingerprint density at radius 1 is 1.25 bits per heavy atom. The van der Waals surface area contributed by atoms with Gasteiger partial charge in [-0.1, -0.05) is 35.3 Å². The van der Waals surface area contributed by atoms with Crippen molar-refractivity contribution in [3.63, 3.8) is 0 Å². The molecule has 1 unspecified atom stereocenters. The number of hydrogen-bond donors (Lipinski definition) is 1.